The number of nitriles is 1. The summed E-state index contributed by atoms with van der Waals surface area (Å²) in [6.07, 6.45) is 0.461. The van der Waals surface area contributed by atoms with Crippen LogP contribution in [0.4, 0.5) is 0 Å². The molecule has 0 spiro atoms. The Labute approximate surface area is 119 Å². The molecule has 0 aromatic heterocycles. The zero-order valence-corrected chi connectivity index (χ0v) is 12.0. The van der Waals surface area contributed by atoms with Crippen molar-refractivity contribution in [3.05, 3.63) is 53.1 Å². The van der Waals surface area contributed by atoms with Gasteiger partial charge in [-0.15, -0.1) is 0 Å². The number of ether oxygens (including phenoxy) is 1. The molecule has 0 heterocycles. The van der Waals surface area contributed by atoms with Crippen LogP contribution >= 0.6 is 0 Å². The lowest BCUT2D eigenvalue weighted by molar-refractivity contribution is 0.413. The normalized spacial score (nSPS) is 14.3. The van der Waals surface area contributed by atoms with Crippen molar-refractivity contribution in [1.82, 2.24) is 0 Å². The Bertz CT molecular complexity index is 723. The van der Waals surface area contributed by atoms with Gasteiger partial charge in [-0.25, -0.2) is 0 Å². The second kappa shape index (κ2) is 4.38. The maximum atomic E-state index is 8.87. The van der Waals surface area contributed by atoms with Crippen LogP contribution < -0.4 is 4.74 Å². The molecule has 1 aliphatic carbocycles. The van der Waals surface area contributed by atoms with Crippen LogP contribution in [-0.4, -0.2) is 7.11 Å². The molecule has 0 aliphatic heterocycles. The highest BCUT2D eigenvalue weighted by atomic mass is 16.5. The van der Waals surface area contributed by atoms with Crippen LogP contribution in [0.1, 0.15) is 30.5 Å². The van der Waals surface area contributed by atoms with Gasteiger partial charge in [0.15, 0.2) is 0 Å². The van der Waals surface area contributed by atoms with Crippen molar-refractivity contribution in [3.8, 4) is 22.9 Å². The first kappa shape index (κ1) is 12.7. The lowest BCUT2D eigenvalue weighted by atomic mass is 9.82. The first-order valence-electron chi connectivity index (χ1n) is 6.77. The number of methoxy groups -OCH3 is 1. The summed E-state index contributed by atoms with van der Waals surface area (Å²) in [6.45, 7) is 4.46. The molecule has 0 saturated heterocycles. The second-order valence-corrected chi connectivity index (χ2v) is 5.75. The molecule has 0 bridgehead atoms. The summed E-state index contributed by atoms with van der Waals surface area (Å²) in [4.78, 5) is 0. The quantitative estimate of drug-likeness (QED) is 0.818. The van der Waals surface area contributed by atoms with Gasteiger partial charge in [0.2, 0.25) is 0 Å². The molecule has 1 aliphatic rings. The Balaban J connectivity index is 2.21. The van der Waals surface area contributed by atoms with E-state index < -0.39 is 0 Å². The molecule has 0 atom stereocenters. The first-order chi connectivity index (χ1) is 9.57. The molecule has 0 radical (unpaired) electrons. The molecular formula is C18H17NO. The van der Waals surface area contributed by atoms with E-state index in [4.69, 9.17) is 10.00 Å². The average Bonchev–Trinajstić information content (AvgIpc) is 2.68. The molecule has 2 nitrogen and oxygen atoms in total. The zero-order chi connectivity index (χ0) is 14.3. The van der Waals surface area contributed by atoms with Gasteiger partial charge in [-0.1, -0.05) is 38.1 Å². The summed E-state index contributed by atoms with van der Waals surface area (Å²) >= 11 is 0. The van der Waals surface area contributed by atoms with E-state index in [2.05, 4.69) is 50.2 Å². The molecule has 100 valence electrons. The Hall–Kier alpha value is -2.27. The highest BCUT2D eigenvalue weighted by molar-refractivity contribution is 5.81. The summed E-state index contributed by atoms with van der Waals surface area (Å²) in [5, 5.41) is 8.87. The fourth-order valence-corrected chi connectivity index (χ4v) is 3.09. The van der Waals surface area contributed by atoms with Gasteiger partial charge in [-0.05, 0) is 39.9 Å². The molecular weight excluding hydrogens is 246 g/mol. The molecule has 3 rings (SSSR count). The van der Waals surface area contributed by atoms with Gasteiger partial charge in [0.05, 0.1) is 19.6 Å². The number of hydrogen-bond donors (Lipinski definition) is 0. The lowest BCUT2D eigenvalue weighted by Gasteiger charge is -2.22. The average molecular weight is 263 g/mol. The van der Waals surface area contributed by atoms with E-state index >= 15 is 0 Å². The Morgan fingerprint density at radius 3 is 2.35 bits per heavy atom. The number of hydrogen-bond acceptors (Lipinski definition) is 2. The monoisotopic (exact) mass is 263 g/mol. The van der Waals surface area contributed by atoms with Crippen LogP contribution in [0.25, 0.3) is 11.1 Å². The molecule has 2 aromatic rings. The van der Waals surface area contributed by atoms with E-state index in [-0.39, 0.29) is 5.41 Å². The van der Waals surface area contributed by atoms with Gasteiger partial charge in [0.25, 0.3) is 0 Å². The predicted octanol–water partition coefficient (Wildman–Crippen LogP) is 4.07. The lowest BCUT2D eigenvalue weighted by Crippen LogP contribution is -2.15. The number of rotatable bonds is 2. The standard InChI is InChI=1S/C18H17NO/c1-18(2)16-10-12(8-9-19)4-6-14(16)15-7-5-13(20-3)11-17(15)18/h4-7,10-11H,8H2,1-3H3. The summed E-state index contributed by atoms with van der Waals surface area (Å²) < 4.78 is 5.35. The van der Waals surface area contributed by atoms with E-state index in [1.807, 2.05) is 6.07 Å². The Kier molecular flexibility index (Phi) is 2.79. The number of fused-ring (bicyclic) bond motifs is 3. The summed E-state index contributed by atoms with van der Waals surface area (Å²) in [5.41, 5.74) is 6.17. The molecule has 0 amide bonds. The molecule has 0 saturated carbocycles. The highest BCUT2D eigenvalue weighted by Gasteiger charge is 2.35. The maximum absolute atomic E-state index is 8.87. The topological polar surface area (TPSA) is 33.0 Å². The van der Waals surface area contributed by atoms with Gasteiger partial charge >= 0.3 is 0 Å². The van der Waals surface area contributed by atoms with Gasteiger partial charge < -0.3 is 4.74 Å². The van der Waals surface area contributed by atoms with E-state index in [0.717, 1.165) is 11.3 Å². The van der Waals surface area contributed by atoms with E-state index in [0.29, 0.717) is 6.42 Å². The summed E-state index contributed by atoms with van der Waals surface area (Å²) in [6, 6.07) is 14.8. The van der Waals surface area contributed by atoms with Crippen molar-refractivity contribution in [2.45, 2.75) is 25.7 Å². The molecule has 0 N–H and O–H groups in total. The fraction of sp³-hybridized carbons (Fsp3) is 0.278. The SMILES string of the molecule is COc1ccc2c(c1)C(C)(C)c1cc(CC#N)ccc1-2. The minimum atomic E-state index is -0.0509. The van der Waals surface area contributed by atoms with E-state index in [1.165, 1.54) is 22.3 Å². The summed E-state index contributed by atoms with van der Waals surface area (Å²) in [7, 11) is 1.70. The van der Waals surface area contributed by atoms with Crippen molar-refractivity contribution in [3.63, 3.8) is 0 Å². The molecule has 0 fully saturated rings. The predicted molar refractivity (Wildman–Crippen MR) is 79.9 cm³/mol. The van der Waals surface area contributed by atoms with Gasteiger partial charge in [-0.2, -0.15) is 5.26 Å². The third kappa shape index (κ3) is 1.71. The first-order valence-corrected chi connectivity index (χ1v) is 6.77. The summed E-state index contributed by atoms with van der Waals surface area (Å²) in [5.74, 6) is 0.891. The van der Waals surface area contributed by atoms with Crippen LogP contribution in [0, 0.1) is 11.3 Å². The van der Waals surface area contributed by atoms with Gasteiger partial charge in [-0.3, -0.25) is 0 Å². The third-order valence-electron chi connectivity index (χ3n) is 4.23. The molecule has 2 aromatic carbocycles. The maximum Gasteiger partial charge on any atom is 0.119 e. The number of nitrogens with zero attached hydrogens (tertiary/aromatic N) is 1. The van der Waals surface area contributed by atoms with E-state index in [9.17, 15) is 0 Å². The van der Waals surface area contributed by atoms with Gasteiger partial charge in [0.1, 0.15) is 5.75 Å². The molecule has 2 heteroatoms. The molecule has 20 heavy (non-hydrogen) atoms. The van der Waals surface area contributed by atoms with Crippen molar-refractivity contribution in [2.24, 2.45) is 0 Å². The highest BCUT2D eigenvalue weighted by Crippen LogP contribution is 2.49. The van der Waals surface area contributed by atoms with Gasteiger partial charge in [0, 0.05) is 5.41 Å². The van der Waals surface area contributed by atoms with Crippen LogP contribution in [-0.2, 0) is 11.8 Å². The minimum absolute atomic E-state index is 0.0509. The van der Waals surface area contributed by atoms with Crippen molar-refractivity contribution in [2.75, 3.05) is 7.11 Å². The van der Waals surface area contributed by atoms with Crippen LogP contribution in [0.2, 0.25) is 0 Å². The third-order valence-corrected chi connectivity index (χ3v) is 4.23. The minimum Gasteiger partial charge on any atom is -0.497 e. The Morgan fingerprint density at radius 1 is 1.05 bits per heavy atom. The van der Waals surface area contributed by atoms with Crippen molar-refractivity contribution in [1.29, 1.82) is 5.26 Å². The number of benzene rings is 2. The molecule has 0 unspecified atom stereocenters. The smallest absolute Gasteiger partial charge is 0.119 e. The van der Waals surface area contributed by atoms with Crippen molar-refractivity contribution < 1.29 is 4.74 Å². The Morgan fingerprint density at radius 2 is 1.70 bits per heavy atom. The van der Waals surface area contributed by atoms with Crippen LogP contribution in [0.3, 0.4) is 0 Å². The van der Waals surface area contributed by atoms with Crippen LogP contribution in [0.15, 0.2) is 36.4 Å². The largest absolute Gasteiger partial charge is 0.497 e. The van der Waals surface area contributed by atoms with Crippen LogP contribution in [0.5, 0.6) is 5.75 Å². The second-order valence-electron chi connectivity index (χ2n) is 5.75. The van der Waals surface area contributed by atoms with Crippen molar-refractivity contribution >= 4 is 0 Å². The van der Waals surface area contributed by atoms with E-state index in [1.54, 1.807) is 7.11 Å². The fourth-order valence-electron chi connectivity index (χ4n) is 3.09. The zero-order valence-electron chi connectivity index (χ0n) is 12.0.